The highest BCUT2D eigenvalue weighted by atomic mass is 16.1. The number of nitrogens with one attached hydrogen (secondary N) is 2. The van der Waals surface area contributed by atoms with Gasteiger partial charge in [-0.3, -0.25) is 4.79 Å². The van der Waals surface area contributed by atoms with Crippen molar-refractivity contribution in [1.82, 2.24) is 0 Å². The summed E-state index contributed by atoms with van der Waals surface area (Å²) in [7, 11) is 1.82. The Labute approximate surface area is 133 Å². The van der Waals surface area contributed by atoms with E-state index >= 15 is 0 Å². The Morgan fingerprint density at radius 2 is 1.73 bits per heavy atom. The van der Waals surface area contributed by atoms with Crippen LogP contribution in [0.1, 0.15) is 25.0 Å². The van der Waals surface area contributed by atoms with Crippen LogP contribution >= 0.6 is 0 Å². The lowest BCUT2D eigenvalue weighted by atomic mass is 10.1. The maximum atomic E-state index is 11.9. The van der Waals surface area contributed by atoms with E-state index in [-0.39, 0.29) is 5.91 Å². The molecule has 0 aliphatic rings. The molecule has 2 N–H and O–H groups in total. The van der Waals surface area contributed by atoms with Crippen molar-refractivity contribution in [2.24, 2.45) is 0 Å². The van der Waals surface area contributed by atoms with Crippen molar-refractivity contribution in [1.29, 1.82) is 0 Å². The van der Waals surface area contributed by atoms with Gasteiger partial charge in [0.1, 0.15) is 0 Å². The molecule has 0 heterocycles. The number of para-hydroxylation sites is 2. The zero-order chi connectivity index (χ0) is 16.4. The average Bonchev–Trinajstić information content (AvgIpc) is 2.56. The number of hydrogen-bond acceptors (Lipinski definition) is 2. The minimum absolute atomic E-state index is 0.167. The molecule has 0 radical (unpaired) electrons. The van der Waals surface area contributed by atoms with E-state index in [1.54, 1.807) is 12.1 Å². The quantitative estimate of drug-likeness (QED) is 0.825. The van der Waals surface area contributed by atoms with Crippen LogP contribution < -0.4 is 10.6 Å². The van der Waals surface area contributed by atoms with Gasteiger partial charge in [0.05, 0.1) is 11.4 Å². The Morgan fingerprint density at radius 1 is 1.09 bits per heavy atom. The second kappa shape index (κ2) is 9.25. The smallest absolute Gasteiger partial charge is 0.248 e. The molecule has 0 unspecified atom stereocenters. The van der Waals surface area contributed by atoms with Crippen LogP contribution in [-0.2, 0) is 4.79 Å². The van der Waals surface area contributed by atoms with E-state index in [4.69, 9.17) is 0 Å². The fourth-order valence-electron chi connectivity index (χ4n) is 1.80. The van der Waals surface area contributed by atoms with Crippen LogP contribution in [0.15, 0.2) is 42.5 Å². The minimum atomic E-state index is -0.167. The van der Waals surface area contributed by atoms with Gasteiger partial charge in [0.25, 0.3) is 0 Å². The minimum Gasteiger partial charge on any atom is -0.386 e. The Balaban J connectivity index is 0.00000116. The molecule has 2 aromatic carbocycles. The van der Waals surface area contributed by atoms with Crippen molar-refractivity contribution in [3.63, 3.8) is 0 Å². The maximum absolute atomic E-state index is 11.9. The lowest BCUT2D eigenvalue weighted by Gasteiger charge is -2.08. The molecule has 114 valence electrons. The zero-order valence-electron chi connectivity index (χ0n) is 13.5. The normalized spacial score (nSPS) is 9.45. The highest BCUT2D eigenvalue weighted by Crippen LogP contribution is 2.20. The van der Waals surface area contributed by atoms with Crippen molar-refractivity contribution in [3.8, 4) is 0 Å². The highest BCUT2D eigenvalue weighted by molar-refractivity contribution is 6.03. The number of hydrogen-bond donors (Lipinski definition) is 2. The highest BCUT2D eigenvalue weighted by Gasteiger charge is 2.02. The number of carbonyl (C=O) groups excluding carboxylic acids is 1. The number of amides is 1. The van der Waals surface area contributed by atoms with Crippen LogP contribution in [0.2, 0.25) is 0 Å². The van der Waals surface area contributed by atoms with Gasteiger partial charge in [-0.15, -0.1) is 0 Å². The first-order valence-electron chi connectivity index (χ1n) is 7.35. The summed E-state index contributed by atoms with van der Waals surface area (Å²) in [5.74, 6) is -0.167. The van der Waals surface area contributed by atoms with Gasteiger partial charge in [-0.1, -0.05) is 38.1 Å². The second-order valence-corrected chi connectivity index (χ2v) is 4.33. The SMILES string of the molecule is CC.CNc1ccccc1NC(=O)/C=C/c1cc#ccc1C. The third-order valence-corrected chi connectivity index (χ3v) is 2.92. The van der Waals surface area contributed by atoms with Crippen LogP contribution in [0.25, 0.3) is 6.08 Å². The summed E-state index contributed by atoms with van der Waals surface area (Å²) in [5.41, 5.74) is 3.66. The van der Waals surface area contributed by atoms with Crippen LogP contribution in [-0.4, -0.2) is 13.0 Å². The van der Waals surface area contributed by atoms with Crippen molar-refractivity contribution < 1.29 is 4.79 Å². The molecule has 0 atom stereocenters. The van der Waals surface area contributed by atoms with Gasteiger partial charge in [0, 0.05) is 13.1 Å². The molecular formula is C19H22N2O. The first-order chi connectivity index (χ1) is 10.7. The standard InChI is InChI=1S/C17H16N2O.C2H6/c1-13-7-3-4-8-14(13)11-12-17(20)19-16-10-6-5-9-15(16)18-2;1-2/h5-12,18H,1-2H3,(H,19,20);1-2H3/b12-11+;. The van der Waals surface area contributed by atoms with E-state index in [1.165, 1.54) is 6.08 Å². The topological polar surface area (TPSA) is 41.1 Å². The summed E-state index contributed by atoms with van der Waals surface area (Å²) in [6, 6.07) is 17.0. The molecule has 22 heavy (non-hydrogen) atoms. The molecule has 3 heteroatoms. The Bertz CT molecular complexity index is 633. The summed E-state index contributed by atoms with van der Waals surface area (Å²) in [5, 5.41) is 5.88. The molecule has 0 aromatic heterocycles. The lowest BCUT2D eigenvalue weighted by molar-refractivity contribution is -0.111. The van der Waals surface area contributed by atoms with Gasteiger partial charge in [-0.2, -0.15) is 0 Å². The van der Waals surface area contributed by atoms with Crippen LogP contribution in [0, 0.1) is 19.1 Å². The lowest BCUT2D eigenvalue weighted by Crippen LogP contribution is -2.09. The summed E-state index contributed by atoms with van der Waals surface area (Å²) >= 11 is 0. The Morgan fingerprint density at radius 3 is 2.36 bits per heavy atom. The van der Waals surface area contributed by atoms with Gasteiger partial charge in [-0.25, -0.2) is 0 Å². The van der Waals surface area contributed by atoms with Gasteiger partial charge in [0.15, 0.2) is 0 Å². The molecule has 2 aromatic rings. The largest absolute Gasteiger partial charge is 0.386 e. The van der Waals surface area contributed by atoms with E-state index in [0.29, 0.717) is 0 Å². The van der Waals surface area contributed by atoms with E-state index in [2.05, 4.69) is 22.8 Å². The van der Waals surface area contributed by atoms with Crippen molar-refractivity contribution in [2.75, 3.05) is 17.7 Å². The second-order valence-electron chi connectivity index (χ2n) is 4.33. The first kappa shape index (κ1) is 17.3. The summed E-state index contributed by atoms with van der Waals surface area (Å²) in [6.07, 6.45) is 3.29. The molecule has 0 fully saturated rings. The fourth-order valence-corrected chi connectivity index (χ4v) is 1.80. The van der Waals surface area contributed by atoms with Gasteiger partial charge in [-0.05, 0) is 48.4 Å². The van der Waals surface area contributed by atoms with Gasteiger partial charge >= 0.3 is 0 Å². The van der Waals surface area contributed by atoms with Crippen molar-refractivity contribution in [3.05, 3.63) is 65.7 Å². The van der Waals surface area contributed by atoms with Crippen LogP contribution in [0.3, 0.4) is 0 Å². The molecule has 0 bridgehead atoms. The molecule has 0 aliphatic carbocycles. The summed E-state index contributed by atoms with van der Waals surface area (Å²) in [6.45, 7) is 5.97. The number of rotatable bonds is 4. The molecule has 0 aliphatic heterocycles. The third kappa shape index (κ3) is 4.99. The van der Waals surface area contributed by atoms with E-state index in [9.17, 15) is 4.79 Å². The maximum Gasteiger partial charge on any atom is 0.248 e. The molecule has 2 rings (SSSR count). The van der Waals surface area contributed by atoms with Gasteiger partial charge < -0.3 is 10.6 Å². The van der Waals surface area contributed by atoms with Gasteiger partial charge in [0.2, 0.25) is 5.91 Å². The Kier molecular flexibility index (Phi) is 7.28. The molecule has 1 amide bonds. The summed E-state index contributed by atoms with van der Waals surface area (Å²) in [4.78, 5) is 11.9. The molecule has 0 spiro atoms. The molecule has 3 nitrogen and oxygen atoms in total. The first-order valence-corrected chi connectivity index (χ1v) is 7.35. The zero-order valence-corrected chi connectivity index (χ0v) is 13.5. The third-order valence-electron chi connectivity index (χ3n) is 2.92. The van der Waals surface area contributed by atoms with Crippen LogP contribution in [0.5, 0.6) is 0 Å². The predicted octanol–water partition coefficient (Wildman–Crippen LogP) is 4.32. The number of anilines is 2. The fraction of sp³-hybridized carbons (Fsp3) is 0.211. The van der Waals surface area contributed by atoms with E-state index < -0.39 is 0 Å². The number of carbonyl (C=O) groups is 1. The van der Waals surface area contributed by atoms with Crippen molar-refractivity contribution >= 4 is 23.4 Å². The predicted molar refractivity (Wildman–Crippen MR) is 93.9 cm³/mol. The monoisotopic (exact) mass is 294 g/mol. The van der Waals surface area contributed by atoms with E-state index in [1.807, 2.05) is 58.2 Å². The average molecular weight is 294 g/mol. The van der Waals surface area contributed by atoms with E-state index in [0.717, 1.165) is 22.5 Å². The number of benzene rings is 1. The molecule has 0 saturated carbocycles. The number of aryl methyl sites for hydroxylation is 1. The van der Waals surface area contributed by atoms with Crippen LogP contribution in [0.4, 0.5) is 11.4 Å². The summed E-state index contributed by atoms with van der Waals surface area (Å²) < 4.78 is 0. The Hall–Kier alpha value is -2.73. The van der Waals surface area contributed by atoms with Crippen molar-refractivity contribution in [2.45, 2.75) is 20.8 Å². The molecular weight excluding hydrogens is 272 g/mol. The molecule has 0 saturated heterocycles.